The fourth-order valence-corrected chi connectivity index (χ4v) is 1.82. The summed E-state index contributed by atoms with van der Waals surface area (Å²) in [6.45, 7) is 12.4. The molecule has 1 aromatic carbocycles. The van der Waals surface area contributed by atoms with E-state index >= 15 is 0 Å². The first-order chi connectivity index (χ1) is 10.1. The van der Waals surface area contributed by atoms with E-state index in [1.165, 1.54) is 6.07 Å². The maximum atomic E-state index is 12.1. The van der Waals surface area contributed by atoms with E-state index in [0.717, 1.165) is 18.2 Å². The Labute approximate surface area is 134 Å². The van der Waals surface area contributed by atoms with Crippen LogP contribution >= 0.6 is 0 Å². The van der Waals surface area contributed by atoms with Gasteiger partial charge in [0.1, 0.15) is 0 Å². The number of amides is 1. The minimum absolute atomic E-state index is 0.0156. The first-order valence-corrected chi connectivity index (χ1v) is 6.97. The topological polar surface area (TPSA) is 58.6 Å². The van der Waals surface area contributed by atoms with Crippen LogP contribution in [-0.2, 0) is 10.9 Å². The van der Waals surface area contributed by atoms with Crippen molar-refractivity contribution in [3.8, 4) is 0 Å². The summed E-state index contributed by atoms with van der Waals surface area (Å²) in [6.07, 6.45) is -5.86. The number of halogens is 3. The van der Waals surface area contributed by atoms with Gasteiger partial charge in [0, 0.05) is 5.69 Å². The van der Waals surface area contributed by atoms with Crippen LogP contribution in [0.4, 0.5) is 23.7 Å². The van der Waals surface area contributed by atoms with Crippen LogP contribution in [0.15, 0.2) is 24.3 Å². The van der Waals surface area contributed by atoms with Crippen LogP contribution < -0.4 is 5.32 Å². The molecule has 0 aliphatic carbocycles. The van der Waals surface area contributed by atoms with Crippen molar-refractivity contribution in [2.75, 3.05) is 5.32 Å². The van der Waals surface area contributed by atoms with Gasteiger partial charge in [0.25, 0.3) is 0 Å². The highest BCUT2D eigenvalue weighted by Crippen LogP contribution is 2.30. The highest BCUT2D eigenvalue weighted by Gasteiger charge is 2.30. The standard InChI is InChI=1S/C8H6F3NO2.C8H18O/c9-8(10,11)5-2-1-3-6(4-5)12-7(13)14;1-7(2,3)9-8(4,5)6/h1-4,12H,(H,13,14);1-6H3. The van der Waals surface area contributed by atoms with E-state index in [2.05, 4.69) is 41.5 Å². The molecule has 0 radical (unpaired) electrons. The van der Waals surface area contributed by atoms with Crippen LogP contribution in [0.5, 0.6) is 0 Å². The molecule has 0 bridgehead atoms. The third-order valence-electron chi connectivity index (χ3n) is 2.05. The first-order valence-electron chi connectivity index (χ1n) is 6.97. The number of alkyl halides is 3. The number of anilines is 1. The summed E-state index contributed by atoms with van der Waals surface area (Å²) >= 11 is 0. The second-order valence-corrected chi connectivity index (χ2v) is 6.84. The Balaban J connectivity index is 0.000000468. The predicted molar refractivity (Wildman–Crippen MR) is 83.7 cm³/mol. The number of ether oxygens (including phenoxy) is 1. The molecule has 1 amide bonds. The van der Waals surface area contributed by atoms with Gasteiger partial charge in [-0.1, -0.05) is 6.07 Å². The minimum atomic E-state index is -4.46. The fourth-order valence-electron chi connectivity index (χ4n) is 1.82. The lowest BCUT2D eigenvalue weighted by Gasteiger charge is -2.30. The molecule has 7 heteroatoms. The van der Waals surface area contributed by atoms with E-state index in [4.69, 9.17) is 9.84 Å². The van der Waals surface area contributed by atoms with E-state index in [1.54, 1.807) is 0 Å². The monoisotopic (exact) mass is 335 g/mol. The van der Waals surface area contributed by atoms with Crippen molar-refractivity contribution in [1.82, 2.24) is 0 Å². The van der Waals surface area contributed by atoms with Crippen molar-refractivity contribution < 1.29 is 27.8 Å². The highest BCUT2D eigenvalue weighted by atomic mass is 19.4. The molecule has 0 spiro atoms. The maximum Gasteiger partial charge on any atom is 0.416 e. The van der Waals surface area contributed by atoms with E-state index in [-0.39, 0.29) is 16.9 Å². The van der Waals surface area contributed by atoms with Gasteiger partial charge in [0.15, 0.2) is 0 Å². The molecule has 4 nitrogen and oxygen atoms in total. The molecule has 0 heterocycles. The van der Waals surface area contributed by atoms with Crippen molar-refractivity contribution >= 4 is 11.8 Å². The van der Waals surface area contributed by atoms with E-state index in [1.807, 2.05) is 5.32 Å². The number of carboxylic acid groups (broad SMARTS) is 1. The molecule has 1 rings (SSSR count). The first kappa shape index (κ1) is 21.2. The quantitative estimate of drug-likeness (QED) is 0.723. The molecule has 0 fully saturated rings. The Morgan fingerprint density at radius 1 is 1.04 bits per heavy atom. The lowest BCUT2D eigenvalue weighted by molar-refractivity contribution is -0.137. The average molecular weight is 335 g/mol. The van der Waals surface area contributed by atoms with Crippen LogP contribution in [0.1, 0.15) is 47.1 Å². The van der Waals surface area contributed by atoms with Gasteiger partial charge in [-0.25, -0.2) is 4.79 Å². The summed E-state index contributed by atoms with van der Waals surface area (Å²) in [5.41, 5.74) is -1.02. The van der Waals surface area contributed by atoms with Crippen LogP contribution in [0.25, 0.3) is 0 Å². The Morgan fingerprint density at radius 3 is 1.83 bits per heavy atom. The fraction of sp³-hybridized carbons (Fsp3) is 0.562. The zero-order valence-electron chi connectivity index (χ0n) is 14.2. The Bertz CT molecular complexity index is 503. The molecular formula is C16H24F3NO3. The van der Waals surface area contributed by atoms with Crippen LogP contribution in [0.3, 0.4) is 0 Å². The van der Waals surface area contributed by atoms with Gasteiger partial charge in [0.05, 0.1) is 16.8 Å². The summed E-state index contributed by atoms with van der Waals surface area (Å²) in [5, 5.41) is 10.1. The van der Waals surface area contributed by atoms with Crippen LogP contribution in [0.2, 0.25) is 0 Å². The smallest absolute Gasteiger partial charge is 0.416 e. The van der Waals surface area contributed by atoms with Gasteiger partial charge in [-0.2, -0.15) is 13.2 Å². The van der Waals surface area contributed by atoms with Crippen molar-refractivity contribution in [2.24, 2.45) is 0 Å². The molecule has 0 aliphatic rings. The second kappa shape index (κ2) is 7.68. The molecule has 132 valence electrons. The van der Waals surface area contributed by atoms with Gasteiger partial charge < -0.3 is 9.84 Å². The highest BCUT2D eigenvalue weighted by molar-refractivity contribution is 5.82. The molecule has 23 heavy (non-hydrogen) atoms. The molecule has 0 saturated heterocycles. The maximum absolute atomic E-state index is 12.1. The lowest BCUT2D eigenvalue weighted by atomic mass is 10.1. The molecule has 0 aromatic heterocycles. The van der Waals surface area contributed by atoms with Crippen molar-refractivity contribution in [3.63, 3.8) is 0 Å². The lowest BCUT2D eigenvalue weighted by Crippen LogP contribution is -2.31. The summed E-state index contributed by atoms with van der Waals surface area (Å²) in [4.78, 5) is 10.1. The van der Waals surface area contributed by atoms with Crippen molar-refractivity contribution in [3.05, 3.63) is 29.8 Å². The predicted octanol–water partition coefficient (Wildman–Crippen LogP) is 5.40. The Morgan fingerprint density at radius 2 is 1.52 bits per heavy atom. The zero-order valence-corrected chi connectivity index (χ0v) is 14.2. The largest absolute Gasteiger partial charge is 0.465 e. The molecule has 0 saturated carbocycles. The van der Waals surface area contributed by atoms with Gasteiger partial charge in [-0.05, 0) is 59.7 Å². The molecular weight excluding hydrogens is 311 g/mol. The number of carbonyl (C=O) groups is 1. The number of hydrogen-bond acceptors (Lipinski definition) is 2. The third kappa shape index (κ3) is 11.5. The van der Waals surface area contributed by atoms with Gasteiger partial charge in [0.2, 0.25) is 0 Å². The Kier molecular flexibility index (Phi) is 7.09. The van der Waals surface area contributed by atoms with E-state index < -0.39 is 17.8 Å². The summed E-state index contributed by atoms with van der Waals surface area (Å²) < 4.78 is 42.0. The van der Waals surface area contributed by atoms with Crippen molar-refractivity contribution in [1.29, 1.82) is 0 Å². The molecule has 0 aliphatic heterocycles. The second-order valence-electron chi connectivity index (χ2n) is 6.84. The summed E-state index contributed by atoms with van der Waals surface area (Å²) in [7, 11) is 0. The third-order valence-corrected chi connectivity index (χ3v) is 2.05. The van der Waals surface area contributed by atoms with Gasteiger partial charge in [-0.15, -0.1) is 0 Å². The van der Waals surface area contributed by atoms with Gasteiger partial charge in [-0.3, -0.25) is 5.32 Å². The number of rotatable bonds is 1. The Hall–Kier alpha value is -1.76. The normalized spacial score (nSPS) is 12.2. The van der Waals surface area contributed by atoms with Crippen LogP contribution in [0, 0.1) is 0 Å². The minimum Gasteiger partial charge on any atom is -0.465 e. The zero-order chi connectivity index (χ0) is 18.5. The molecule has 2 N–H and O–H groups in total. The average Bonchev–Trinajstić information content (AvgIpc) is 2.22. The SMILES string of the molecule is CC(C)(C)OC(C)(C)C.O=C(O)Nc1cccc(C(F)(F)F)c1. The summed E-state index contributed by atoms with van der Waals surface area (Å²) in [5.74, 6) is 0. The molecule has 0 atom stereocenters. The number of benzene rings is 1. The van der Waals surface area contributed by atoms with Crippen LogP contribution in [-0.4, -0.2) is 22.4 Å². The van der Waals surface area contributed by atoms with Crippen molar-refractivity contribution in [2.45, 2.75) is 58.9 Å². The van der Waals surface area contributed by atoms with E-state index in [0.29, 0.717) is 0 Å². The number of nitrogens with one attached hydrogen (secondary N) is 1. The summed E-state index contributed by atoms with van der Waals surface area (Å²) in [6, 6.07) is 3.97. The van der Waals surface area contributed by atoms with Gasteiger partial charge >= 0.3 is 12.3 Å². The number of hydrogen-bond donors (Lipinski definition) is 2. The molecule has 1 aromatic rings. The molecule has 0 unspecified atom stereocenters. The van der Waals surface area contributed by atoms with E-state index in [9.17, 15) is 18.0 Å².